The quantitative estimate of drug-likeness (QED) is 0.626. The molecule has 0 N–H and O–H groups in total. The van der Waals surface area contributed by atoms with Crippen molar-refractivity contribution < 1.29 is 0 Å². The zero-order valence-corrected chi connectivity index (χ0v) is 7.99. The third-order valence-corrected chi connectivity index (χ3v) is 1.80. The van der Waals surface area contributed by atoms with Crippen LogP contribution in [-0.2, 0) is 0 Å². The summed E-state index contributed by atoms with van der Waals surface area (Å²) in [5.74, 6) is -0.105. The molecule has 0 saturated heterocycles. The average Bonchev–Trinajstić information content (AvgIpc) is 2.15. The van der Waals surface area contributed by atoms with E-state index in [0.29, 0.717) is 0 Å². The number of nitrogens with zero attached hydrogens (tertiary/aromatic N) is 1. The van der Waals surface area contributed by atoms with E-state index in [4.69, 9.17) is 5.26 Å². The summed E-state index contributed by atoms with van der Waals surface area (Å²) in [4.78, 5) is 0. The highest BCUT2D eigenvalue weighted by molar-refractivity contribution is 5.30. The molecule has 0 aliphatic carbocycles. The van der Waals surface area contributed by atoms with Crippen LogP contribution in [0, 0.1) is 11.3 Å². The molecule has 0 fully saturated rings. The standard InChI is InChI=1S/C12H13N/c1-10(2)8-12(9-13)11-6-4-3-5-7-11/h3-8,12H,1-2H3. The van der Waals surface area contributed by atoms with Crippen LogP contribution in [0.4, 0.5) is 0 Å². The van der Waals surface area contributed by atoms with Crippen molar-refractivity contribution in [2.24, 2.45) is 0 Å². The lowest BCUT2D eigenvalue weighted by atomic mass is 9.99. The molecule has 1 rings (SSSR count). The Morgan fingerprint density at radius 1 is 1.31 bits per heavy atom. The van der Waals surface area contributed by atoms with Gasteiger partial charge in [-0.1, -0.05) is 42.0 Å². The molecule has 0 heterocycles. The minimum absolute atomic E-state index is 0.105. The molecule has 0 radical (unpaired) electrons. The van der Waals surface area contributed by atoms with Crippen molar-refractivity contribution >= 4 is 0 Å². The first-order valence-corrected chi connectivity index (χ1v) is 4.33. The van der Waals surface area contributed by atoms with E-state index >= 15 is 0 Å². The molecular weight excluding hydrogens is 158 g/mol. The maximum atomic E-state index is 8.93. The Hall–Kier alpha value is -1.55. The molecule has 0 spiro atoms. The predicted octanol–water partition coefficient (Wildman–Crippen LogP) is 3.26. The third-order valence-electron chi connectivity index (χ3n) is 1.80. The Bertz CT molecular complexity index is 326. The normalized spacial score (nSPS) is 11.5. The Labute approximate surface area is 79.3 Å². The van der Waals surface area contributed by atoms with Gasteiger partial charge in [-0.3, -0.25) is 0 Å². The van der Waals surface area contributed by atoms with Crippen molar-refractivity contribution in [2.75, 3.05) is 0 Å². The van der Waals surface area contributed by atoms with Crippen molar-refractivity contribution in [3.63, 3.8) is 0 Å². The Morgan fingerprint density at radius 2 is 1.92 bits per heavy atom. The minimum atomic E-state index is -0.105. The maximum Gasteiger partial charge on any atom is 0.0896 e. The number of hydrogen-bond acceptors (Lipinski definition) is 1. The molecule has 0 aromatic heterocycles. The fourth-order valence-corrected chi connectivity index (χ4v) is 1.20. The van der Waals surface area contributed by atoms with Gasteiger partial charge in [0.1, 0.15) is 0 Å². The second-order valence-corrected chi connectivity index (χ2v) is 3.26. The highest BCUT2D eigenvalue weighted by Gasteiger charge is 2.04. The van der Waals surface area contributed by atoms with Gasteiger partial charge >= 0.3 is 0 Å². The number of allylic oxidation sites excluding steroid dienone is 2. The first-order valence-electron chi connectivity index (χ1n) is 4.33. The first kappa shape index (κ1) is 9.54. The van der Waals surface area contributed by atoms with Gasteiger partial charge in [0.2, 0.25) is 0 Å². The van der Waals surface area contributed by atoms with Crippen LogP contribution in [0.2, 0.25) is 0 Å². The van der Waals surface area contributed by atoms with Crippen molar-refractivity contribution in [3.8, 4) is 6.07 Å². The fourth-order valence-electron chi connectivity index (χ4n) is 1.20. The highest BCUT2D eigenvalue weighted by atomic mass is 14.3. The van der Waals surface area contributed by atoms with Crippen LogP contribution in [-0.4, -0.2) is 0 Å². The molecule has 1 unspecified atom stereocenters. The molecule has 0 saturated carbocycles. The van der Waals surface area contributed by atoms with Gasteiger partial charge < -0.3 is 0 Å². The zero-order chi connectivity index (χ0) is 9.68. The van der Waals surface area contributed by atoms with Crippen molar-refractivity contribution in [3.05, 3.63) is 47.5 Å². The largest absolute Gasteiger partial charge is 0.197 e. The molecule has 0 aliphatic rings. The van der Waals surface area contributed by atoms with E-state index in [1.165, 1.54) is 5.57 Å². The monoisotopic (exact) mass is 171 g/mol. The van der Waals surface area contributed by atoms with Gasteiger partial charge in [-0.2, -0.15) is 5.26 Å². The van der Waals surface area contributed by atoms with E-state index in [-0.39, 0.29) is 5.92 Å². The summed E-state index contributed by atoms with van der Waals surface area (Å²) in [5, 5.41) is 8.93. The van der Waals surface area contributed by atoms with Gasteiger partial charge in [-0.15, -0.1) is 0 Å². The zero-order valence-electron chi connectivity index (χ0n) is 7.99. The van der Waals surface area contributed by atoms with Crippen LogP contribution in [0.5, 0.6) is 0 Å². The van der Waals surface area contributed by atoms with Gasteiger partial charge in [-0.05, 0) is 19.4 Å². The lowest BCUT2D eigenvalue weighted by molar-refractivity contribution is 1.07. The second-order valence-electron chi connectivity index (χ2n) is 3.26. The molecule has 0 bridgehead atoms. The lowest BCUT2D eigenvalue weighted by Gasteiger charge is -2.03. The average molecular weight is 171 g/mol. The second kappa shape index (κ2) is 4.47. The van der Waals surface area contributed by atoms with Crippen molar-refractivity contribution in [1.29, 1.82) is 5.26 Å². The summed E-state index contributed by atoms with van der Waals surface area (Å²) in [6.07, 6.45) is 1.98. The van der Waals surface area contributed by atoms with E-state index in [9.17, 15) is 0 Å². The molecule has 1 atom stereocenters. The topological polar surface area (TPSA) is 23.8 Å². The van der Waals surface area contributed by atoms with E-state index in [1.54, 1.807) is 0 Å². The molecule has 66 valence electrons. The van der Waals surface area contributed by atoms with Crippen LogP contribution in [0.3, 0.4) is 0 Å². The molecule has 1 nitrogen and oxygen atoms in total. The van der Waals surface area contributed by atoms with Gasteiger partial charge in [0, 0.05) is 0 Å². The minimum Gasteiger partial charge on any atom is -0.197 e. The van der Waals surface area contributed by atoms with Gasteiger partial charge in [-0.25, -0.2) is 0 Å². The van der Waals surface area contributed by atoms with Gasteiger partial charge in [0.15, 0.2) is 0 Å². The summed E-state index contributed by atoms with van der Waals surface area (Å²) >= 11 is 0. The number of hydrogen-bond donors (Lipinski definition) is 0. The molecular formula is C12H13N. The van der Waals surface area contributed by atoms with Gasteiger partial charge in [0.05, 0.1) is 12.0 Å². The number of rotatable bonds is 2. The van der Waals surface area contributed by atoms with Crippen LogP contribution >= 0.6 is 0 Å². The SMILES string of the molecule is CC(C)=CC(C#N)c1ccccc1. The van der Waals surface area contributed by atoms with Crippen LogP contribution in [0.15, 0.2) is 42.0 Å². The number of nitriles is 1. The summed E-state index contributed by atoms with van der Waals surface area (Å²) < 4.78 is 0. The smallest absolute Gasteiger partial charge is 0.0896 e. The summed E-state index contributed by atoms with van der Waals surface area (Å²) in [5.41, 5.74) is 2.24. The molecule has 1 aromatic carbocycles. The molecule has 13 heavy (non-hydrogen) atoms. The maximum absolute atomic E-state index is 8.93. The molecule has 1 heteroatoms. The summed E-state index contributed by atoms with van der Waals surface area (Å²) in [6, 6.07) is 12.1. The Balaban J connectivity index is 2.94. The summed E-state index contributed by atoms with van der Waals surface area (Å²) in [7, 11) is 0. The number of benzene rings is 1. The van der Waals surface area contributed by atoms with E-state index in [1.807, 2.05) is 50.3 Å². The Morgan fingerprint density at radius 3 is 2.38 bits per heavy atom. The first-order chi connectivity index (χ1) is 6.24. The van der Waals surface area contributed by atoms with Crippen molar-refractivity contribution in [2.45, 2.75) is 19.8 Å². The van der Waals surface area contributed by atoms with Crippen molar-refractivity contribution in [1.82, 2.24) is 0 Å². The Kier molecular flexibility index (Phi) is 3.28. The highest BCUT2D eigenvalue weighted by Crippen LogP contribution is 2.17. The van der Waals surface area contributed by atoms with Gasteiger partial charge in [0.25, 0.3) is 0 Å². The van der Waals surface area contributed by atoms with E-state index < -0.39 is 0 Å². The predicted molar refractivity (Wildman–Crippen MR) is 54.2 cm³/mol. The fraction of sp³-hybridized carbons (Fsp3) is 0.250. The van der Waals surface area contributed by atoms with E-state index in [2.05, 4.69) is 6.07 Å². The molecule has 0 amide bonds. The van der Waals surface area contributed by atoms with Crippen LogP contribution in [0.1, 0.15) is 25.3 Å². The third kappa shape index (κ3) is 2.76. The summed E-state index contributed by atoms with van der Waals surface area (Å²) in [6.45, 7) is 4.01. The van der Waals surface area contributed by atoms with Crippen LogP contribution < -0.4 is 0 Å². The van der Waals surface area contributed by atoms with Crippen LogP contribution in [0.25, 0.3) is 0 Å². The van der Waals surface area contributed by atoms with E-state index in [0.717, 1.165) is 5.56 Å². The molecule has 0 aliphatic heterocycles. The molecule has 1 aromatic rings. The lowest BCUT2D eigenvalue weighted by Crippen LogP contribution is -1.91.